The van der Waals surface area contributed by atoms with E-state index in [1.165, 1.54) is 25.0 Å². The fourth-order valence-electron chi connectivity index (χ4n) is 4.91. The van der Waals surface area contributed by atoms with Gasteiger partial charge in [-0.25, -0.2) is 12.8 Å². The minimum Gasteiger partial charge on any atom is -0.311 e. The molecule has 0 bridgehead atoms. The van der Waals surface area contributed by atoms with Crippen molar-refractivity contribution in [2.24, 2.45) is 0 Å². The number of nitrogens with one attached hydrogen (secondary N) is 2. The van der Waals surface area contributed by atoms with E-state index in [4.69, 9.17) is 4.98 Å². The van der Waals surface area contributed by atoms with E-state index in [9.17, 15) is 12.8 Å². The zero-order valence-electron chi connectivity index (χ0n) is 16.9. The van der Waals surface area contributed by atoms with E-state index in [0.717, 1.165) is 48.5 Å². The SMILES string of the molecule is Cc1nc([N+]2([C@@H]3CCNC3)CCC[C@@H]2C)ccc1NS(=O)(=O)c1ccc(F)cc1. The number of rotatable bonds is 5. The Morgan fingerprint density at radius 3 is 2.52 bits per heavy atom. The van der Waals surface area contributed by atoms with Crippen LogP contribution in [0.4, 0.5) is 15.9 Å². The molecule has 0 aliphatic carbocycles. The standard InChI is InChI=1S/C21H28FN4O2S/c1-15-4-3-13-26(15,18-11-12-23-14-18)21-10-9-20(16(2)24-21)25-29(27,28)19-7-5-17(22)6-8-19/h5-10,15,18,23,25H,3-4,11-14H2,1-2H3/q+1/t15-,18+,26?/m0/s1. The molecule has 0 saturated carbocycles. The van der Waals surface area contributed by atoms with Gasteiger partial charge in [-0.05, 0) is 44.2 Å². The van der Waals surface area contributed by atoms with Crippen molar-refractivity contribution in [3.63, 3.8) is 0 Å². The summed E-state index contributed by atoms with van der Waals surface area (Å²) >= 11 is 0. The summed E-state index contributed by atoms with van der Waals surface area (Å²) in [4.78, 5) is 4.90. The second-order valence-corrected chi connectivity index (χ2v) is 9.84. The van der Waals surface area contributed by atoms with Gasteiger partial charge in [0.05, 0.1) is 28.9 Å². The van der Waals surface area contributed by atoms with E-state index in [1.54, 1.807) is 0 Å². The van der Waals surface area contributed by atoms with Gasteiger partial charge in [0.1, 0.15) is 11.9 Å². The van der Waals surface area contributed by atoms with Crippen LogP contribution in [-0.2, 0) is 10.0 Å². The average molecular weight is 420 g/mol. The molecule has 2 fully saturated rings. The Hall–Kier alpha value is -2.03. The number of aryl methyl sites for hydroxylation is 1. The second-order valence-electron chi connectivity index (χ2n) is 8.15. The molecule has 0 spiro atoms. The molecule has 1 unspecified atom stereocenters. The Kier molecular flexibility index (Phi) is 5.35. The largest absolute Gasteiger partial charge is 0.311 e. The average Bonchev–Trinajstić information content (AvgIpc) is 3.34. The van der Waals surface area contributed by atoms with Crippen molar-refractivity contribution in [1.29, 1.82) is 0 Å². The van der Waals surface area contributed by atoms with Crippen LogP contribution >= 0.6 is 0 Å². The highest BCUT2D eigenvalue weighted by molar-refractivity contribution is 7.92. The highest BCUT2D eigenvalue weighted by Gasteiger charge is 2.49. The Morgan fingerprint density at radius 1 is 1.17 bits per heavy atom. The molecule has 3 heterocycles. The normalized spacial score (nSPS) is 27.3. The summed E-state index contributed by atoms with van der Waals surface area (Å²) in [5.41, 5.74) is 1.10. The molecule has 0 radical (unpaired) electrons. The van der Waals surface area contributed by atoms with Crippen molar-refractivity contribution in [1.82, 2.24) is 14.8 Å². The number of aromatic nitrogens is 1. The lowest BCUT2D eigenvalue weighted by Gasteiger charge is -2.42. The quantitative estimate of drug-likeness (QED) is 0.731. The molecule has 2 aliphatic rings. The third kappa shape index (κ3) is 3.65. The molecular formula is C21H28FN4O2S+. The Morgan fingerprint density at radius 2 is 1.93 bits per heavy atom. The maximum atomic E-state index is 13.1. The first kappa shape index (κ1) is 20.3. The van der Waals surface area contributed by atoms with Crippen LogP contribution in [-0.4, -0.2) is 45.1 Å². The van der Waals surface area contributed by atoms with E-state index in [0.29, 0.717) is 23.5 Å². The molecular weight excluding hydrogens is 391 g/mol. The van der Waals surface area contributed by atoms with Crippen LogP contribution in [0.5, 0.6) is 0 Å². The van der Waals surface area contributed by atoms with Crippen LogP contribution in [0.2, 0.25) is 0 Å². The maximum absolute atomic E-state index is 13.1. The van der Waals surface area contributed by atoms with Gasteiger partial charge in [0, 0.05) is 38.4 Å². The van der Waals surface area contributed by atoms with Gasteiger partial charge in [-0.2, -0.15) is 4.98 Å². The third-order valence-electron chi connectivity index (χ3n) is 6.49. The second kappa shape index (κ2) is 7.66. The number of nitrogens with zero attached hydrogens (tertiary/aromatic N) is 2. The lowest BCUT2D eigenvalue weighted by molar-refractivity contribution is 0.197. The first-order valence-corrected chi connectivity index (χ1v) is 11.7. The topological polar surface area (TPSA) is 71.1 Å². The minimum absolute atomic E-state index is 0.0241. The molecule has 4 rings (SSSR count). The van der Waals surface area contributed by atoms with E-state index >= 15 is 0 Å². The van der Waals surface area contributed by atoms with Gasteiger partial charge in [0.25, 0.3) is 10.0 Å². The van der Waals surface area contributed by atoms with Gasteiger partial charge in [0.2, 0.25) is 5.82 Å². The summed E-state index contributed by atoms with van der Waals surface area (Å²) < 4.78 is 41.9. The number of sulfonamides is 1. The smallest absolute Gasteiger partial charge is 0.261 e. The first-order chi connectivity index (χ1) is 13.8. The molecule has 1 aromatic carbocycles. The number of quaternary nitrogens is 1. The summed E-state index contributed by atoms with van der Waals surface area (Å²) in [6, 6.07) is 9.57. The molecule has 6 nitrogen and oxygen atoms in total. The van der Waals surface area contributed by atoms with E-state index in [-0.39, 0.29) is 4.90 Å². The number of hydrogen-bond acceptors (Lipinski definition) is 4. The Bertz CT molecular complexity index is 990. The van der Waals surface area contributed by atoms with Gasteiger partial charge >= 0.3 is 0 Å². The number of likely N-dealkylation sites (tertiary alicyclic amines) is 1. The highest BCUT2D eigenvalue weighted by atomic mass is 32.2. The Balaban J connectivity index is 1.64. The fraction of sp³-hybridized carbons (Fsp3) is 0.476. The number of benzene rings is 1. The van der Waals surface area contributed by atoms with Gasteiger partial charge < -0.3 is 5.32 Å². The lowest BCUT2D eigenvalue weighted by Crippen LogP contribution is -2.60. The molecule has 1 aromatic heterocycles. The molecule has 2 aromatic rings. The minimum atomic E-state index is -3.80. The predicted molar refractivity (Wildman–Crippen MR) is 113 cm³/mol. The Labute approximate surface area is 171 Å². The highest BCUT2D eigenvalue weighted by Crippen LogP contribution is 2.38. The van der Waals surface area contributed by atoms with Gasteiger partial charge in [-0.1, -0.05) is 0 Å². The zero-order chi connectivity index (χ0) is 20.6. The van der Waals surface area contributed by atoms with Crippen molar-refractivity contribution >= 4 is 21.5 Å². The van der Waals surface area contributed by atoms with Crippen LogP contribution in [0.3, 0.4) is 0 Å². The molecule has 156 valence electrons. The van der Waals surface area contributed by atoms with Crippen molar-refractivity contribution in [2.45, 2.75) is 50.1 Å². The molecule has 2 saturated heterocycles. The summed E-state index contributed by atoms with van der Waals surface area (Å²) in [6.07, 6.45) is 3.48. The van der Waals surface area contributed by atoms with Gasteiger partial charge in [-0.15, -0.1) is 0 Å². The van der Waals surface area contributed by atoms with Crippen LogP contribution in [0.25, 0.3) is 0 Å². The summed E-state index contributed by atoms with van der Waals surface area (Å²) in [5.74, 6) is 0.548. The van der Waals surface area contributed by atoms with Crippen LogP contribution in [0.15, 0.2) is 41.3 Å². The van der Waals surface area contributed by atoms with Crippen molar-refractivity contribution in [2.75, 3.05) is 24.4 Å². The van der Waals surface area contributed by atoms with Crippen molar-refractivity contribution < 1.29 is 12.8 Å². The van der Waals surface area contributed by atoms with Gasteiger partial charge in [0.15, 0.2) is 0 Å². The van der Waals surface area contributed by atoms with Gasteiger partial charge in [-0.3, -0.25) is 9.21 Å². The number of halogens is 1. The lowest BCUT2D eigenvalue weighted by atomic mass is 10.1. The van der Waals surface area contributed by atoms with Crippen molar-refractivity contribution in [3.05, 3.63) is 47.9 Å². The monoisotopic (exact) mass is 419 g/mol. The molecule has 29 heavy (non-hydrogen) atoms. The number of anilines is 1. The molecule has 3 atom stereocenters. The third-order valence-corrected chi connectivity index (χ3v) is 7.87. The van der Waals surface area contributed by atoms with Crippen LogP contribution in [0, 0.1) is 12.7 Å². The fourth-order valence-corrected chi connectivity index (χ4v) is 6.02. The molecule has 8 heteroatoms. The molecule has 0 amide bonds. The van der Waals surface area contributed by atoms with Crippen molar-refractivity contribution in [3.8, 4) is 0 Å². The van der Waals surface area contributed by atoms with E-state index < -0.39 is 15.8 Å². The summed E-state index contributed by atoms with van der Waals surface area (Å²) in [6.45, 7) is 7.22. The van der Waals surface area contributed by atoms with E-state index in [1.807, 2.05) is 19.1 Å². The maximum Gasteiger partial charge on any atom is 0.261 e. The first-order valence-electron chi connectivity index (χ1n) is 10.2. The zero-order valence-corrected chi connectivity index (χ0v) is 17.7. The summed E-state index contributed by atoms with van der Waals surface area (Å²) in [7, 11) is -3.80. The van der Waals surface area contributed by atoms with E-state index in [2.05, 4.69) is 17.0 Å². The van der Waals surface area contributed by atoms with Crippen LogP contribution in [0.1, 0.15) is 31.9 Å². The molecule has 2 N–H and O–H groups in total. The predicted octanol–water partition coefficient (Wildman–Crippen LogP) is 3.18. The van der Waals surface area contributed by atoms with Crippen LogP contribution < -0.4 is 14.5 Å². The number of hydrogen-bond donors (Lipinski definition) is 2. The summed E-state index contributed by atoms with van der Waals surface area (Å²) in [5, 5.41) is 3.48. The number of pyridine rings is 1. The molecule has 2 aliphatic heterocycles.